The van der Waals surface area contributed by atoms with E-state index in [4.69, 9.17) is 10.5 Å². The van der Waals surface area contributed by atoms with E-state index in [9.17, 15) is 0 Å². The van der Waals surface area contributed by atoms with E-state index in [1.165, 1.54) is 0 Å². The van der Waals surface area contributed by atoms with E-state index >= 15 is 0 Å². The monoisotopic (exact) mass is 265 g/mol. The third-order valence-corrected chi connectivity index (χ3v) is 3.32. The fraction of sp³-hybridized carbons (Fsp3) is 0.125. The van der Waals surface area contributed by atoms with E-state index in [1.54, 1.807) is 13.3 Å². The fourth-order valence-electron chi connectivity index (χ4n) is 2.08. The molecule has 0 radical (unpaired) electrons. The van der Waals surface area contributed by atoms with Crippen LogP contribution in [0, 0.1) is 6.92 Å². The molecule has 2 N–H and O–H groups in total. The van der Waals surface area contributed by atoms with Gasteiger partial charge in [0.15, 0.2) is 5.82 Å². The van der Waals surface area contributed by atoms with E-state index in [0.717, 1.165) is 27.6 Å². The molecule has 0 bridgehead atoms. The molecule has 3 rings (SSSR count). The minimum Gasteiger partial charge on any atom is -0.497 e. The zero-order valence-electron chi connectivity index (χ0n) is 11.4. The number of methoxy groups -OCH3 is 1. The van der Waals surface area contributed by atoms with Crippen LogP contribution in [0.3, 0.4) is 0 Å². The largest absolute Gasteiger partial charge is 0.497 e. The van der Waals surface area contributed by atoms with Crippen molar-refractivity contribution in [1.29, 1.82) is 0 Å². The number of benzene rings is 2. The van der Waals surface area contributed by atoms with Crippen LogP contribution in [0.4, 0.5) is 5.82 Å². The minimum absolute atomic E-state index is 0.518. The Morgan fingerprint density at radius 3 is 2.55 bits per heavy atom. The van der Waals surface area contributed by atoms with Crippen molar-refractivity contribution >= 4 is 16.6 Å². The van der Waals surface area contributed by atoms with Gasteiger partial charge in [-0.3, -0.25) is 0 Å². The van der Waals surface area contributed by atoms with Gasteiger partial charge in [-0.25, -0.2) is 9.97 Å². The summed E-state index contributed by atoms with van der Waals surface area (Å²) in [6.07, 6.45) is 1.75. The molecule has 0 saturated carbocycles. The fourth-order valence-corrected chi connectivity index (χ4v) is 2.08. The summed E-state index contributed by atoms with van der Waals surface area (Å²) in [5.74, 6) is 2.01. The second kappa shape index (κ2) is 4.81. The molecule has 0 unspecified atom stereocenters. The maximum atomic E-state index is 5.84. The molecule has 3 aromatic rings. The first kappa shape index (κ1) is 12.4. The van der Waals surface area contributed by atoms with E-state index in [-0.39, 0.29) is 0 Å². The number of nitrogen functional groups attached to an aromatic ring is 1. The highest BCUT2D eigenvalue weighted by Gasteiger charge is 2.05. The number of nitrogens with two attached hydrogens (primary N) is 1. The molecular formula is C16H15N3O. The maximum absolute atomic E-state index is 5.84. The average molecular weight is 265 g/mol. The summed E-state index contributed by atoms with van der Waals surface area (Å²) in [7, 11) is 1.67. The SMILES string of the molecule is COc1ccc2cc(-c3ncc(C)c(N)n3)ccc2c1. The third kappa shape index (κ3) is 2.16. The van der Waals surface area contributed by atoms with Gasteiger partial charge >= 0.3 is 0 Å². The molecule has 0 aliphatic carbocycles. The molecule has 0 atom stereocenters. The lowest BCUT2D eigenvalue weighted by molar-refractivity contribution is 0.415. The molecule has 2 aromatic carbocycles. The van der Waals surface area contributed by atoms with Crippen LogP contribution in [0.5, 0.6) is 5.75 Å². The highest BCUT2D eigenvalue weighted by Crippen LogP contribution is 2.25. The minimum atomic E-state index is 0.518. The first-order valence-electron chi connectivity index (χ1n) is 6.34. The molecule has 4 heteroatoms. The van der Waals surface area contributed by atoms with Crippen molar-refractivity contribution in [2.24, 2.45) is 0 Å². The Kier molecular flexibility index (Phi) is 2.99. The molecule has 0 spiro atoms. The third-order valence-electron chi connectivity index (χ3n) is 3.32. The highest BCUT2D eigenvalue weighted by molar-refractivity contribution is 5.87. The Balaban J connectivity index is 2.10. The number of ether oxygens (including phenoxy) is 1. The number of rotatable bonds is 2. The molecule has 0 saturated heterocycles. The molecule has 0 amide bonds. The number of hydrogen-bond acceptors (Lipinski definition) is 4. The smallest absolute Gasteiger partial charge is 0.161 e. The van der Waals surface area contributed by atoms with Crippen LogP contribution < -0.4 is 10.5 Å². The van der Waals surface area contributed by atoms with Crippen molar-refractivity contribution in [1.82, 2.24) is 9.97 Å². The number of aryl methyl sites for hydroxylation is 1. The van der Waals surface area contributed by atoms with E-state index < -0.39 is 0 Å². The van der Waals surface area contributed by atoms with E-state index in [2.05, 4.69) is 16.0 Å². The number of fused-ring (bicyclic) bond motifs is 1. The topological polar surface area (TPSA) is 61.0 Å². The van der Waals surface area contributed by atoms with Crippen molar-refractivity contribution in [2.45, 2.75) is 6.92 Å². The average Bonchev–Trinajstić information content (AvgIpc) is 2.49. The summed E-state index contributed by atoms with van der Waals surface area (Å²) in [5, 5.41) is 2.24. The maximum Gasteiger partial charge on any atom is 0.161 e. The summed E-state index contributed by atoms with van der Waals surface area (Å²) >= 11 is 0. The molecule has 0 fully saturated rings. The zero-order chi connectivity index (χ0) is 14.1. The molecule has 1 aromatic heterocycles. The van der Waals surface area contributed by atoms with Crippen molar-refractivity contribution in [3.05, 3.63) is 48.2 Å². The highest BCUT2D eigenvalue weighted by atomic mass is 16.5. The molecular weight excluding hydrogens is 250 g/mol. The van der Waals surface area contributed by atoms with Gasteiger partial charge in [-0.15, -0.1) is 0 Å². The van der Waals surface area contributed by atoms with Gasteiger partial charge < -0.3 is 10.5 Å². The Morgan fingerprint density at radius 1 is 1.05 bits per heavy atom. The first-order valence-corrected chi connectivity index (χ1v) is 6.34. The lowest BCUT2D eigenvalue weighted by atomic mass is 10.1. The first-order chi connectivity index (χ1) is 9.67. The molecule has 4 nitrogen and oxygen atoms in total. The van der Waals surface area contributed by atoms with Crippen LogP contribution in [0.15, 0.2) is 42.6 Å². The summed E-state index contributed by atoms with van der Waals surface area (Å²) in [4.78, 5) is 8.66. The summed E-state index contributed by atoms with van der Waals surface area (Å²) in [6, 6.07) is 12.0. The predicted octanol–water partition coefficient (Wildman–Crippen LogP) is 3.20. The summed E-state index contributed by atoms with van der Waals surface area (Å²) < 4.78 is 5.22. The van der Waals surface area contributed by atoms with Crippen LogP contribution in [-0.2, 0) is 0 Å². The van der Waals surface area contributed by atoms with Gasteiger partial charge in [-0.2, -0.15) is 0 Å². The number of aromatic nitrogens is 2. The Labute approximate surface area is 117 Å². The second-order valence-corrected chi connectivity index (χ2v) is 4.69. The van der Waals surface area contributed by atoms with Crippen LogP contribution in [0.25, 0.3) is 22.2 Å². The van der Waals surface area contributed by atoms with E-state index in [1.807, 2.05) is 37.3 Å². The van der Waals surface area contributed by atoms with Gasteiger partial charge in [0.25, 0.3) is 0 Å². The van der Waals surface area contributed by atoms with Gasteiger partial charge in [0, 0.05) is 17.3 Å². The lowest BCUT2D eigenvalue weighted by Gasteiger charge is -2.06. The zero-order valence-corrected chi connectivity index (χ0v) is 11.4. The van der Waals surface area contributed by atoms with Gasteiger partial charge in [-0.05, 0) is 35.9 Å². The summed E-state index contributed by atoms with van der Waals surface area (Å²) in [6.45, 7) is 1.89. The Bertz CT molecular complexity index is 784. The predicted molar refractivity (Wildman–Crippen MR) is 80.7 cm³/mol. The second-order valence-electron chi connectivity index (χ2n) is 4.69. The van der Waals surface area contributed by atoms with Gasteiger partial charge in [0.2, 0.25) is 0 Å². The van der Waals surface area contributed by atoms with Crippen LogP contribution in [0.1, 0.15) is 5.56 Å². The Hall–Kier alpha value is -2.62. The van der Waals surface area contributed by atoms with Gasteiger partial charge in [0.1, 0.15) is 11.6 Å². The number of nitrogens with zero attached hydrogens (tertiary/aromatic N) is 2. The van der Waals surface area contributed by atoms with Crippen molar-refractivity contribution in [2.75, 3.05) is 12.8 Å². The molecule has 100 valence electrons. The van der Waals surface area contributed by atoms with Crippen LogP contribution in [0.2, 0.25) is 0 Å². The van der Waals surface area contributed by atoms with Crippen LogP contribution >= 0.6 is 0 Å². The quantitative estimate of drug-likeness (QED) is 0.773. The number of anilines is 1. The molecule has 20 heavy (non-hydrogen) atoms. The summed E-state index contributed by atoms with van der Waals surface area (Å²) in [5.41, 5.74) is 7.68. The van der Waals surface area contributed by atoms with Gasteiger partial charge in [-0.1, -0.05) is 18.2 Å². The van der Waals surface area contributed by atoms with E-state index in [0.29, 0.717) is 11.6 Å². The standard InChI is InChI=1S/C16H15N3O/c1-10-9-18-16(19-15(10)17)13-4-3-12-8-14(20-2)6-5-11(12)7-13/h3-9H,1-2H3,(H2,17,18,19). The van der Waals surface area contributed by atoms with Crippen molar-refractivity contribution in [3.63, 3.8) is 0 Å². The van der Waals surface area contributed by atoms with Crippen molar-refractivity contribution < 1.29 is 4.74 Å². The Morgan fingerprint density at radius 2 is 1.80 bits per heavy atom. The number of hydrogen-bond donors (Lipinski definition) is 1. The van der Waals surface area contributed by atoms with Crippen molar-refractivity contribution in [3.8, 4) is 17.1 Å². The van der Waals surface area contributed by atoms with Crippen LogP contribution in [-0.4, -0.2) is 17.1 Å². The molecule has 0 aliphatic rings. The van der Waals surface area contributed by atoms with Gasteiger partial charge in [0.05, 0.1) is 7.11 Å². The molecule has 1 heterocycles. The lowest BCUT2D eigenvalue weighted by Crippen LogP contribution is -1.98. The molecule has 0 aliphatic heterocycles. The normalized spacial score (nSPS) is 10.7.